The Bertz CT molecular complexity index is 95.3. The zero-order chi connectivity index (χ0) is 12.0. The summed E-state index contributed by atoms with van der Waals surface area (Å²) in [5.74, 6) is 0. The molecule has 0 rings (SSSR count). The Morgan fingerprint density at radius 3 is 0.357 bits per heavy atom. The van der Waals surface area contributed by atoms with Gasteiger partial charge in [0, 0.05) is 0 Å². The molecule has 0 aromatic rings. The molecule has 0 saturated heterocycles. The third-order valence-electron chi connectivity index (χ3n) is 0. The van der Waals surface area contributed by atoms with E-state index < -0.39 is 0 Å². The maximum absolute atomic E-state index is 6.25. The predicted molar refractivity (Wildman–Crippen MR) is 29.8 cm³/mol. The van der Waals surface area contributed by atoms with E-state index in [9.17, 15) is 0 Å². The van der Waals surface area contributed by atoms with Crippen LogP contribution < -0.4 is 0 Å². The van der Waals surface area contributed by atoms with Crippen LogP contribution in [-0.2, 0) is 34.1 Å². The van der Waals surface area contributed by atoms with Crippen molar-refractivity contribution >= 4 is 0 Å². The fourth-order valence-electron chi connectivity index (χ4n) is 0. The second-order valence-electron chi connectivity index (χ2n) is 0. The summed E-state index contributed by atoms with van der Waals surface area (Å²) in [6, 6.07) is 0. The molecule has 0 N–H and O–H groups in total. The third kappa shape index (κ3) is 197. The SMILES string of the molecule is [C-]#N.[C-]#N.[C-]#N.[C-]#N.[C-]#N.[C-]#N.[Fe+2].[Fe+4]. The molecule has 0 unspecified atom stereocenters. The summed E-state index contributed by atoms with van der Waals surface area (Å²) in [5, 5.41) is 37.5. The van der Waals surface area contributed by atoms with Crippen LogP contribution in [0.25, 0.3) is 0 Å². The predicted octanol–water partition coefficient (Wildman–Crippen LogP) is 0.573. The monoisotopic (exact) mass is 268 g/mol. The van der Waals surface area contributed by atoms with Crippen LogP contribution in [0, 0.1) is 71.0 Å². The second kappa shape index (κ2) is 268. The van der Waals surface area contributed by atoms with Crippen molar-refractivity contribution < 1.29 is 34.1 Å². The van der Waals surface area contributed by atoms with E-state index in [1.54, 1.807) is 0 Å². The Labute approximate surface area is 105 Å². The summed E-state index contributed by atoms with van der Waals surface area (Å²) in [6.07, 6.45) is 0. The first-order valence-electron chi connectivity index (χ1n) is 1.34. The maximum atomic E-state index is 6.25. The van der Waals surface area contributed by atoms with Crippen molar-refractivity contribution in [3.8, 4) is 0 Å². The number of hydrogen-bond acceptors (Lipinski definition) is 6. The molecule has 0 fully saturated rings. The van der Waals surface area contributed by atoms with E-state index in [2.05, 4.69) is 0 Å². The van der Waals surface area contributed by atoms with Gasteiger partial charge in [-0.2, -0.15) is 0 Å². The van der Waals surface area contributed by atoms with Crippen molar-refractivity contribution in [1.82, 2.24) is 0 Å². The molecule has 0 aliphatic heterocycles. The minimum absolute atomic E-state index is 0. The van der Waals surface area contributed by atoms with E-state index in [1.165, 1.54) is 0 Å². The smallest absolute Gasteiger partial charge is 0.512 e. The largest absolute Gasteiger partial charge is 4.00 e. The molecule has 0 aliphatic carbocycles. The van der Waals surface area contributed by atoms with Gasteiger partial charge in [0.25, 0.3) is 0 Å². The zero-order valence-electron chi connectivity index (χ0n) is 6.39. The van der Waals surface area contributed by atoms with Crippen molar-refractivity contribution in [2.24, 2.45) is 0 Å². The molecule has 0 radical (unpaired) electrons. The quantitative estimate of drug-likeness (QED) is 0.464. The molecule has 0 bridgehead atoms. The molecular weight excluding hydrogens is 268 g/mol. The van der Waals surface area contributed by atoms with Crippen molar-refractivity contribution in [1.29, 1.82) is 31.6 Å². The van der Waals surface area contributed by atoms with Gasteiger partial charge in [-0.3, -0.25) is 0 Å². The van der Waals surface area contributed by atoms with Crippen LogP contribution in [0.4, 0.5) is 0 Å². The molecule has 6 nitrogen and oxygen atoms in total. The van der Waals surface area contributed by atoms with Crippen molar-refractivity contribution in [2.75, 3.05) is 0 Å². The van der Waals surface area contributed by atoms with Crippen LogP contribution in [-0.4, -0.2) is 0 Å². The molecule has 70 valence electrons. The molecule has 0 amide bonds. The second-order valence-corrected chi connectivity index (χ2v) is 0. The molecule has 0 spiro atoms. The van der Waals surface area contributed by atoms with Crippen LogP contribution >= 0.6 is 0 Å². The molecule has 0 saturated carbocycles. The first-order valence-corrected chi connectivity index (χ1v) is 1.34. The summed E-state index contributed by atoms with van der Waals surface area (Å²) in [6.45, 7) is 28.5. The van der Waals surface area contributed by atoms with E-state index in [1.807, 2.05) is 0 Å². The molecule has 14 heavy (non-hydrogen) atoms. The average Bonchev–Trinajstić information content (AvgIpc) is 2.33. The minimum Gasteiger partial charge on any atom is -0.512 e. The van der Waals surface area contributed by atoms with E-state index in [-0.39, 0.29) is 34.1 Å². The van der Waals surface area contributed by atoms with Gasteiger partial charge in [0.1, 0.15) is 0 Å². The third-order valence-corrected chi connectivity index (χ3v) is 0. The van der Waals surface area contributed by atoms with Crippen LogP contribution in [0.3, 0.4) is 0 Å². The van der Waals surface area contributed by atoms with Crippen LogP contribution in [0.5, 0.6) is 0 Å². The number of rotatable bonds is 0. The molecule has 8 heteroatoms. The molecule has 0 aliphatic rings. The Hall–Kier alpha value is -2.02. The molecular formula is C6Fe2N6. The van der Waals surface area contributed by atoms with Gasteiger partial charge in [0.2, 0.25) is 0 Å². The Balaban J connectivity index is -0.00000000500. The zero-order valence-corrected chi connectivity index (χ0v) is 8.60. The number of hydrogen-bond donors (Lipinski definition) is 0. The van der Waals surface area contributed by atoms with E-state index in [4.69, 9.17) is 71.0 Å². The van der Waals surface area contributed by atoms with Gasteiger partial charge in [0.15, 0.2) is 0 Å². The average molecular weight is 268 g/mol. The summed E-state index contributed by atoms with van der Waals surface area (Å²) < 4.78 is 0. The molecule has 0 heterocycles. The standard InChI is InChI=1S/6CN.2Fe/c6*1-2;;/q6*-1;+2;+4. The molecule has 0 atom stereocenters. The fourth-order valence-corrected chi connectivity index (χ4v) is 0. The van der Waals surface area contributed by atoms with Gasteiger partial charge in [-0.1, -0.05) is 0 Å². The first kappa shape index (κ1) is 91.2. The normalized spacial score (nSPS) is 0.857. The molecule has 0 aromatic heterocycles. The summed E-state index contributed by atoms with van der Waals surface area (Å²) in [4.78, 5) is 0. The van der Waals surface area contributed by atoms with E-state index in [0.29, 0.717) is 0 Å². The van der Waals surface area contributed by atoms with Gasteiger partial charge < -0.3 is 71.0 Å². The topological polar surface area (TPSA) is 143 Å². The van der Waals surface area contributed by atoms with Crippen molar-refractivity contribution in [3.05, 3.63) is 39.4 Å². The fraction of sp³-hybridized carbons (Fsp3) is 0. The summed E-state index contributed by atoms with van der Waals surface area (Å²) >= 11 is 0. The Morgan fingerprint density at radius 1 is 0.357 bits per heavy atom. The maximum Gasteiger partial charge on any atom is 4.00 e. The van der Waals surface area contributed by atoms with Gasteiger partial charge in [-0.15, -0.1) is 0 Å². The van der Waals surface area contributed by atoms with Crippen molar-refractivity contribution in [3.63, 3.8) is 0 Å². The van der Waals surface area contributed by atoms with Crippen LogP contribution in [0.15, 0.2) is 0 Å². The van der Waals surface area contributed by atoms with Gasteiger partial charge >= 0.3 is 34.1 Å². The molecule has 0 aromatic carbocycles. The van der Waals surface area contributed by atoms with Gasteiger partial charge in [-0.25, -0.2) is 0 Å². The Morgan fingerprint density at radius 2 is 0.357 bits per heavy atom. The number of nitrogens with zero attached hydrogens (tertiary/aromatic N) is 6. The van der Waals surface area contributed by atoms with Crippen LogP contribution in [0.1, 0.15) is 0 Å². The van der Waals surface area contributed by atoms with Gasteiger partial charge in [-0.05, 0) is 0 Å². The minimum atomic E-state index is 0. The van der Waals surface area contributed by atoms with E-state index >= 15 is 0 Å². The van der Waals surface area contributed by atoms with Crippen LogP contribution in [0.2, 0.25) is 0 Å². The summed E-state index contributed by atoms with van der Waals surface area (Å²) in [7, 11) is 0. The van der Waals surface area contributed by atoms with Gasteiger partial charge in [0.05, 0.1) is 0 Å². The van der Waals surface area contributed by atoms with Crippen molar-refractivity contribution in [2.45, 2.75) is 0 Å². The summed E-state index contributed by atoms with van der Waals surface area (Å²) in [5.41, 5.74) is 0. The Kier molecular flexibility index (Phi) is 1740. The first-order chi connectivity index (χ1) is 6.00. The van der Waals surface area contributed by atoms with E-state index in [0.717, 1.165) is 0 Å².